The average Bonchev–Trinajstić information content (AvgIpc) is 2.97. The quantitative estimate of drug-likeness (QED) is 0.182. The first-order valence-corrected chi connectivity index (χ1v) is 13.8. The van der Waals surface area contributed by atoms with Crippen LogP contribution in [0.3, 0.4) is 0 Å². The maximum Gasteiger partial charge on any atom is 0.417 e. The summed E-state index contributed by atoms with van der Waals surface area (Å²) in [6.07, 6.45) is -10.5. The van der Waals surface area contributed by atoms with Crippen molar-refractivity contribution in [1.82, 2.24) is 15.2 Å². The van der Waals surface area contributed by atoms with Crippen LogP contribution in [-0.2, 0) is 30.0 Å². The van der Waals surface area contributed by atoms with Crippen LogP contribution in [0.1, 0.15) is 32.6 Å². The van der Waals surface area contributed by atoms with E-state index >= 15 is 0 Å². The molecule has 0 unspecified atom stereocenters. The van der Waals surface area contributed by atoms with E-state index < -0.39 is 94.0 Å². The molecule has 4 aromatic rings. The van der Waals surface area contributed by atoms with Gasteiger partial charge in [0.25, 0.3) is 5.91 Å². The summed E-state index contributed by atoms with van der Waals surface area (Å²) in [4.78, 5) is 30.3. The second-order valence-corrected chi connectivity index (χ2v) is 10.7. The number of fused-ring (bicyclic) bond motifs is 1. The highest BCUT2D eigenvalue weighted by Gasteiger charge is 2.45. The Labute approximate surface area is 262 Å². The van der Waals surface area contributed by atoms with E-state index in [2.05, 4.69) is 10.3 Å². The van der Waals surface area contributed by atoms with Crippen LogP contribution in [0.25, 0.3) is 22.0 Å². The predicted molar refractivity (Wildman–Crippen MR) is 155 cm³/mol. The number of nitrogens with one attached hydrogen (secondary N) is 1. The number of pyridine rings is 1. The lowest BCUT2D eigenvalue weighted by molar-refractivity contribution is -0.144. The molecule has 47 heavy (non-hydrogen) atoms. The van der Waals surface area contributed by atoms with Gasteiger partial charge in [-0.1, -0.05) is 24.3 Å². The third kappa shape index (κ3) is 7.45. The fraction of sp³-hybridized carbons (Fsp3) is 0.281. The van der Waals surface area contributed by atoms with E-state index in [1.54, 1.807) is 0 Å². The molecule has 15 heteroatoms. The van der Waals surface area contributed by atoms with Gasteiger partial charge in [0.05, 0.1) is 29.5 Å². The molecule has 0 aliphatic rings. The molecule has 3 aromatic carbocycles. The Morgan fingerprint density at radius 2 is 1.60 bits per heavy atom. The fourth-order valence-electron chi connectivity index (χ4n) is 5.27. The molecule has 2 N–H and O–H groups in total. The Kier molecular flexibility index (Phi) is 10.1. The van der Waals surface area contributed by atoms with Crippen molar-refractivity contribution >= 4 is 22.6 Å². The zero-order valence-electron chi connectivity index (χ0n) is 25.0. The molecule has 0 bridgehead atoms. The van der Waals surface area contributed by atoms with Gasteiger partial charge < -0.3 is 20.1 Å². The summed E-state index contributed by atoms with van der Waals surface area (Å²) in [5.74, 6) is -6.15. The highest BCUT2D eigenvalue weighted by atomic mass is 19.4. The Balaban J connectivity index is 1.92. The number of likely N-dealkylation sites (N-methyl/N-ethyl adjacent to an activating group) is 1. The number of carbonyl (C=O) groups excluding carboxylic acids is 1. The Hall–Kier alpha value is -4.79. The van der Waals surface area contributed by atoms with Gasteiger partial charge in [0, 0.05) is 24.5 Å². The molecule has 1 heterocycles. The summed E-state index contributed by atoms with van der Waals surface area (Å²) >= 11 is 0. The Bertz CT molecular complexity index is 1800. The number of halogens is 8. The summed E-state index contributed by atoms with van der Waals surface area (Å²) in [6.45, 7) is -0.149. The standard InChI is InChI=1S/C32H27F8N3O4/c1-43(2)13-11-19-20(31(35,36)37)15-24(47-3)26(27(19)32(38,39)40)28-18-7-4-6-16(17(18)10-12-41-28)14-23(30(45)46)42-29(44)25-21(33)8-5-9-22(25)34/h4-10,12,15,23H,11,13-14H2,1-3H3,(H,42,44)(H,45,46)/t23-/m0/s1. The third-order valence-corrected chi connectivity index (χ3v) is 7.37. The normalized spacial score (nSPS) is 12.8. The van der Waals surface area contributed by atoms with Crippen molar-refractivity contribution in [2.45, 2.75) is 31.2 Å². The number of carbonyl (C=O) groups is 2. The number of carboxylic acids is 1. The molecule has 1 aromatic heterocycles. The average molecular weight is 670 g/mol. The van der Waals surface area contributed by atoms with Gasteiger partial charge >= 0.3 is 18.3 Å². The second-order valence-electron chi connectivity index (χ2n) is 10.7. The molecule has 0 aliphatic heterocycles. The lowest BCUT2D eigenvalue weighted by atomic mass is 9.88. The predicted octanol–water partition coefficient (Wildman–Crippen LogP) is 6.76. The lowest BCUT2D eigenvalue weighted by Crippen LogP contribution is -2.43. The summed E-state index contributed by atoms with van der Waals surface area (Å²) < 4.78 is 120. The maximum absolute atomic E-state index is 14.8. The number of amides is 1. The number of aromatic nitrogens is 1. The molecule has 0 saturated heterocycles. The van der Waals surface area contributed by atoms with Gasteiger partial charge in [-0.05, 0) is 61.3 Å². The van der Waals surface area contributed by atoms with Crippen LogP contribution in [-0.4, -0.2) is 60.7 Å². The first-order valence-electron chi connectivity index (χ1n) is 13.8. The SMILES string of the molecule is COc1cc(C(F)(F)F)c(CCN(C)C)c(C(F)(F)F)c1-c1nccc2c(C[C@H](NC(=O)c3c(F)cccc3F)C(=O)O)cccc12. The van der Waals surface area contributed by atoms with Crippen molar-refractivity contribution in [2.75, 3.05) is 27.7 Å². The van der Waals surface area contributed by atoms with Crippen LogP contribution in [0.15, 0.2) is 54.7 Å². The first-order chi connectivity index (χ1) is 21.9. The molecular weight excluding hydrogens is 642 g/mol. The van der Waals surface area contributed by atoms with E-state index in [0.29, 0.717) is 6.07 Å². The minimum Gasteiger partial charge on any atom is -0.496 e. The summed E-state index contributed by atoms with van der Waals surface area (Å²) in [5.41, 5.74) is -6.08. The summed E-state index contributed by atoms with van der Waals surface area (Å²) in [6, 6.07) is 6.84. The highest BCUT2D eigenvalue weighted by Crippen LogP contribution is 2.49. The van der Waals surface area contributed by atoms with Gasteiger partial charge in [-0.25, -0.2) is 13.6 Å². The van der Waals surface area contributed by atoms with Crippen molar-refractivity contribution in [3.8, 4) is 17.0 Å². The largest absolute Gasteiger partial charge is 0.496 e. The van der Waals surface area contributed by atoms with E-state index in [9.17, 15) is 49.8 Å². The Morgan fingerprint density at radius 1 is 0.957 bits per heavy atom. The summed E-state index contributed by atoms with van der Waals surface area (Å²) in [5, 5.41) is 12.0. The minimum absolute atomic E-state index is 0.00253. The smallest absolute Gasteiger partial charge is 0.417 e. The second kappa shape index (κ2) is 13.5. The molecule has 1 atom stereocenters. The van der Waals surface area contributed by atoms with E-state index in [1.165, 1.54) is 43.3 Å². The van der Waals surface area contributed by atoms with E-state index in [1.807, 2.05) is 0 Å². The van der Waals surface area contributed by atoms with Gasteiger partial charge in [-0.2, -0.15) is 26.3 Å². The van der Waals surface area contributed by atoms with E-state index in [4.69, 9.17) is 4.74 Å². The molecular formula is C32H27F8N3O4. The molecule has 250 valence electrons. The van der Waals surface area contributed by atoms with Gasteiger partial charge in [0.15, 0.2) is 0 Å². The number of alkyl halides is 6. The minimum atomic E-state index is -5.30. The number of rotatable bonds is 10. The molecule has 4 rings (SSSR count). The number of nitrogens with zero attached hydrogens (tertiary/aromatic N) is 2. The first kappa shape index (κ1) is 35.1. The highest BCUT2D eigenvalue weighted by molar-refractivity contribution is 6.00. The van der Waals surface area contributed by atoms with Crippen molar-refractivity contribution in [3.63, 3.8) is 0 Å². The van der Waals surface area contributed by atoms with Crippen molar-refractivity contribution in [2.24, 2.45) is 0 Å². The van der Waals surface area contributed by atoms with Crippen LogP contribution < -0.4 is 10.1 Å². The zero-order chi connectivity index (χ0) is 34.8. The number of hydrogen-bond acceptors (Lipinski definition) is 5. The van der Waals surface area contributed by atoms with Gasteiger partial charge in [-0.15, -0.1) is 0 Å². The number of carboxylic acid groups (broad SMARTS) is 1. The number of aliphatic carboxylic acids is 1. The van der Waals surface area contributed by atoms with Crippen molar-refractivity contribution in [1.29, 1.82) is 0 Å². The number of hydrogen-bond donors (Lipinski definition) is 2. The lowest BCUT2D eigenvalue weighted by Gasteiger charge is -2.25. The van der Waals surface area contributed by atoms with Crippen LogP contribution >= 0.6 is 0 Å². The molecule has 0 radical (unpaired) electrons. The van der Waals surface area contributed by atoms with Crippen molar-refractivity contribution < 1.29 is 54.6 Å². The van der Waals surface area contributed by atoms with Gasteiger partial charge in [-0.3, -0.25) is 9.78 Å². The monoisotopic (exact) mass is 669 g/mol. The zero-order valence-corrected chi connectivity index (χ0v) is 25.0. The Morgan fingerprint density at radius 3 is 2.15 bits per heavy atom. The molecule has 7 nitrogen and oxygen atoms in total. The fourth-order valence-corrected chi connectivity index (χ4v) is 5.27. The van der Waals surface area contributed by atoms with Crippen LogP contribution in [0.2, 0.25) is 0 Å². The maximum atomic E-state index is 14.8. The third-order valence-electron chi connectivity index (χ3n) is 7.37. The topological polar surface area (TPSA) is 91.8 Å². The van der Waals surface area contributed by atoms with Crippen LogP contribution in [0.5, 0.6) is 5.75 Å². The van der Waals surface area contributed by atoms with Gasteiger partial charge in [0.2, 0.25) is 0 Å². The molecule has 0 aliphatic carbocycles. The summed E-state index contributed by atoms with van der Waals surface area (Å²) in [7, 11) is 3.92. The number of methoxy groups -OCH3 is 1. The van der Waals surface area contributed by atoms with Crippen molar-refractivity contribution in [3.05, 3.63) is 94.2 Å². The molecule has 0 saturated carbocycles. The molecule has 0 fully saturated rings. The van der Waals surface area contributed by atoms with E-state index in [-0.39, 0.29) is 22.9 Å². The number of benzene rings is 3. The molecule has 1 amide bonds. The molecule has 0 spiro atoms. The van der Waals surface area contributed by atoms with Crippen LogP contribution in [0.4, 0.5) is 35.1 Å². The van der Waals surface area contributed by atoms with Crippen LogP contribution in [0, 0.1) is 11.6 Å². The van der Waals surface area contributed by atoms with Gasteiger partial charge in [0.1, 0.15) is 29.0 Å². The number of ether oxygens (including phenoxy) is 1. The van der Waals surface area contributed by atoms with E-state index in [0.717, 1.165) is 31.5 Å².